The van der Waals surface area contributed by atoms with Crippen LogP contribution in [-0.2, 0) is 0 Å². The number of hydrogen-bond donors (Lipinski definition) is 1. The summed E-state index contributed by atoms with van der Waals surface area (Å²) in [7, 11) is 0. The molecule has 1 aromatic heterocycles. The number of nitrogens with zero attached hydrogens (tertiary/aromatic N) is 2. The molecule has 0 bridgehead atoms. The predicted molar refractivity (Wildman–Crippen MR) is 97.4 cm³/mol. The van der Waals surface area contributed by atoms with Gasteiger partial charge in [0.2, 0.25) is 0 Å². The van der Waals surface area contributed by atoms with Crippen LogP contribution in [0.5, 0.6) is 11.5 Å². The van der Waals surface area contributed by atoms with Crippen molar-refractivity contribution in [1.82, 2.24) is 4.98 Å². The van der Waals surface area contributed by atoms with Crippen LogP contribution in [0.4, 0.5) is 0 Å². The lowest BCUT2D eigenvalue weighted by Gasteiger charge is -2.06. The molecule has 0 fully saturated rings. The standard InChI is InChI=1S/C18H13ClN2O2S/c1-2-23-16-8-11(3-5-15(16)22)7-12(10-20)18-21-14-9-13(19)4-6-17(14)24-18/h3-9,22H,2H2,1H3. The van der Waals surface area contributed by atoms with Gasteiger partial charge >= 0.3 is 0 Å². The highest BCUT2D eigenvalue weighted by molar-refractivity contribution is 7.19. The van der Waals surface area contributed by atoms with Crippen LogP contribution < -0.4 is 4.74 Å². The molecule has 3 aromatic rings. The van der Waals surface area contributed by atoms with Crippen molar-refractivity contribution in [2.45, 2.75) is 6.92 Å². The molecule has 24 heavy (non-hydrogen) atoms. The molecule has 0 amide bonds. The Morgan fingerprint density at radius 1 is 1.38 bits per heavy atom. The molecule has 2 aromatic carbocycles. The number of aromatic hydroxyl groups is 1. The smallest absolute Gasteiger partial charge is 0.161 e. The van der Waals surface area contributed by atoms with Crippen molar-refractivity contribution in [3.05, 3.63) is 52.0 Å². The van der Waals surface area contributed by atoms with Crippen molar-refractivity contribution in [1.29, 1.82) is 5.26 Å². The van der Waals surface area contributed by atoms with Crippen molar-refractivity contribution < 1.29 is 9.84 Å². The third-order valence-electron chi connectivity index (χ3n) is 3.30. The molecule has 0 aliphatic rings. The molecule has 0 saturated carbocycles. The first-order chi connectivity index (χ1) is 11.6. The summed E-state index contributed by atoms with van der Waals surface area (Å²) < 4.78 is 6.34. The van der Waals surface area contributed by atoms with Crippen LogP contribution in [0.25, 0.3) is 21.9 Å². The first kappa shape index (κ1) is 16.3. The second kappa shape index (κ2) is 6.91. The van der Waals surface area contributed by atoms with E-state index in [9.17, 15) is 10.4 Å². The van der Waals surface area contributed by atoms with Gasteiger partial charge < -0.3 is 9.84 Å². The number of ether oxygens (including phenoxy) is 1. The Morgan fingerprint density at radius 2 is 2.21 bits per heavy atom. The van der Waals surface area contributed by atoms with E-state index in [1.165, 1.54) is 11.3 Å². The van der Waals surface area contributed by atoms with Gasteiger partial charge in [-0.25, -0.2) is 4.98 Å². The van der Waals surface area contributed by atoms with Crippen molar-refractivity contribution in [2.75, 3.05) is 6.61 Å². The summed E-state index contributed by atoms with van der Waals surface area (Å²) in [6, 6.07) is 12.6. The second-order valence-electron chi connectivity index (χ2n) is 4.96. The summed E-state index contributed by atoms with van der Waals surface area (Å²) >= 11 is 7.41. The summed E-state index contributed by atoms with van der Waals surface area (Å²) in [5.74, 6) is 0.460. The first-order valence-electron chi connectivity index (χ1n) is 7.24. The fourth-order valence-electron chi connectivity index (χ4n) is 2.22. The maximum absolute atomic E-state index is 9.76. The predicted octanol–water partition coefficient (Wildman–Crippen LogP) is 5.12. The highest BCUT2D eigenvalue weighted by atomic mass is 35.5. The molecule has 0 aliphatic heterocycles. The molecule has 3 rings (SSSR count). The number of aromatic nitrogens is 1. The zero-order valence-electron chi connectivity index (χ0n) is 12.8. The van der Waals surface area contributed by atoms with E-state index in [-0.39, 0.29) is 5.75 Å². The number of rotatable bonds is 4. The van der Waals surface area contributed by atoms with Crippen LogP contribution >= 0.6 is 22.9 Å². The Labute approximate surface area is 148 Å². The lowest BCUT2D eigenvalue weighted by Crippen LogP contribution is -1.92. The van der Waals surface area contributed by atoms with Gasteiger partial charge in [-0.3, -0.25) is 0 Å². The van der Waals surface area contributed by atoms with E-state index in [1.54, 1.807) is 36.4 Å². The van der Waals surface area contributed by atoms with Gasteiger partial charge in [0, 0.05) is 5.02 Å². The topological polar surface area (TPSA) is 66.1 Å². The van der Waals surface area contributed by atoms with Crippen LogP contribution in [0, 0.1) is 11.3 Å². The van der Waals surface area contributed by atoms with E-state index in [2.05, 4.69) is 11.1 Å². The molecule has 4 nitrogen and oxygen atoms in total. The summed E-state index contributed by atoms with van der Waals surface area (Å²) in [6.07, 6.45) is 1.72. The number of phenolic OH excluding ortho intramolecular Hbond substituents is 1. The SMILES string of the molecule is CCOc1cc(C=C(C#N)c2nc3cc(Cl)ccc3s2)ccc1O. The maximum Gasteiger partial charge on any atom is 0.161 e. The lowest BCUT2D eigenvalue weighted by atomic mass is 10.1. The molecule has 6 heteroatoms. The number of phenols is 1. The van der Waals surface area contributed by atoms with Crippen LogP contribution in [0.15, 0.2) is 36.4 Å². The van der Waals surface area contributed by atoms with E-state index in [1.807, 2.05) is 13.0 Å². The van der Waals surface area contributed by atoms with Crippen molar-refractivity contribution in [2.24, 2.45) is 0 Å². The van der Waals surface area contributed by atoms with Crippen LogP contribution in [0.3, 0.4) is 0 Å². The summed E-state index contributed by atoms with van der Waals surface area (Å²) in [5.41, 5.74) is 1.97. The quantitative estimate of drug-likeness (QED) is 0.659. The molecule has 0 atom stereocenters. The molecule has 0 saturated heterocycles. The van der Waals surface area contributed by atoms with Gasteiger partial charge in [-0.1, -0.05) is 17.7 Å². The molecule has 0 spiro atoms. The number of benzene rings is 2. The summed E-state index contributed by atoms with van der Waals surface area (Å²) in [4.78, 5) is 4.48. The third kappa shape index (κ3) is 3.35. The minimum Gasteiger partial charge on any atom is -0.504 e. The molecular weight excluding hydrogens is 344 g/mol. The molecule has 1 heterocycles. The Kier molecular flexibility index (Phi) is 4.70. The number of halogens is 1. The van der Waals surface area contributed by atoms with E-state index in [0.29, 0.717) is 28.0 Å². The molecule has 120 valence electrons. The molecule has 0 aliphatic carbocycles. The molecule has 0 radical (unpaired) electrons. The average molecular weight is 357 g/mol. The van der Waals surface area contributed by atoms with Gasteiger partial charge in [0.15, 0.2) is 11.5 Å². The van der Waals surface area contributed by atoms with Crippen LogP contribution in [0.2, 0.25) is 5.02 Å². The van der Waals surface area contributed by atoms with Gasteiger partial charge in [-0.2, -0.15) is 5.26 Å². The largest absolute Gasteiger partial charge is 0.504 e. The minimum absolute atomic E-state index is 0.0714. The van der Waals surface area contributed by atoms with E-state index < -0.39 is 0 Å². The Bertz CT molecular complexity index is 973. The lowest BCUT2D eigenvalue weighted by molar-refractivity contribution is 0.318. The minimum atomic E-state index is 0.0714. The van der Waals surface area contributed by atoms with Crippen molar-refractivity contribution in [3.8, 4) is 17.6 Å². The normalized spacial score (nSPS) is 11.5. The monoisotopic (exact) mass is 356 g/mol. The second-order valence-corrected chi connectivity index (χ2v) is 6.43. The number of allylic oxidation sites excluding steroid dienone is 1. The van der Waals surface area contributed by atoms with Crippen molar-refractivity contribution >= 4 is 44.8 Å². The summed E-state index contributed by atoms with van der Waals surface area (Å²) in [5, 5.41) is 20.5. The fraction of sp³-hybridized carbons (Fsp3) is 0.111. The Morgan fingerprint density at radius 3 is 2.96 bits per heavy atom. The fourth-order valence-corrected chi connectivity index (χ4v) is 3.29. The van der Waals surface area contributed by atoms with Gasteiger partial charge in [-0.15, -0.1) is 11.3 Å². The number of nitriles is 1. The van der Waals surface area contributed by atoms with Gasteiger partial charge in [0.25, 0.3) is 0 Å². The zero-order chi connectivity index (χ0) is 17.1. The third-order valence-corrected chi connectivity index (χ3v) is 4.60. The van der Waals surface area contributed by atoms with Gasteiger partial charge in [0.1, 0.15) is 11.1 Å². The zero-order valence-corrected chi connectivity index (χ0v) is 14.4. The number of fused-ring (bicyclic) bond motifs is 1. The van der Waals surface area contributed by atoms with Gasteiger partial charge in [-0.05, 0) is 48.9 Å². The molecule has 0 unspecified atom stereocenters. The first-order valence-corrected chi connectivity index (χ1v) is 8.44. The van der Waals surface area contributed by atoms with E-state index in [4.69, 9.17) is 16.3 Å². The highest BCUT2D eigenvalue weighted by Crippen LogP contribution is 2.32. The van der Waals surface area contributed by atoms with E-state index in [0.717, 1.165) is 15.8 Å². The van der Waals surface area contributed by atoms with Crippen LogP contribution in [-0.4, -0.2) is 16.7 Å². The number of thiazole rings is 1. The average Bonchev–Trinajstić information content (AvgIpc) is 2.98. The molecule has 1 N–H and O–H groups in total. The van der Waals surface area contributed by atoms with Gasteiger partial charge in [0.05, 0.1) is 22.4 Å². The Hall–Kier alpha value is -2.55. The Balaban J connectivity index is 2.02. The van der Waals surface area contributed by atoms with Crippen LogP contribution in [0.1, 0.15) is 17.5 Å². The van der Waals surface area contributed by atoms with Crippen molar-refractivity contribution in [3.63, 3.8) is 0 Å². The maximum atomic E-state index is 9.76. The van der Waals surface area contributed by atoms with E-state index >= 15 is 0 Å². The number of hydrogen-bond acceptors (Lipinski definition) is 5. The summed E-state index contributed by atoms with van der Waals surface area (Å²) in [6.45, 7) is 2.29. The highest BCUT2D eigenvalue weighted by Gasteiger charge is 2.10. The molecular formula is C18H13ClN2O2S.